The zero-order chi connectivity index (χ0) is 19.8. The number of thiophene rings is 1. The quantitative estimate of drug-likeness (QED) is 0.592. The van der Waals surface area contributed by atoms with E-state index in [-0.39, 0.29) is 11.8 Å². The topological polar surface area (TPSA) is 67.4 Å². The van der Waals surface area contributed by atoms with Crippen LogP contribution in [0.3, 0.4) is 0 Å². The molecule has 0 aliphatic heterocycles. The fourth-order valence-electron chi connectivity index (χ4n) is 2.67. The maximum Gasteiger partial charge on any atom is 0.265 e. The molecule has 0 unspecified atom stereocenters. The molecule has 0 bridgehead atoms. The zero-order valence-electron chi connectivity index (χ0n) is 15.6. The van der Waals surface area contributed by atoms with E-state index in [1.165, 1.54) is 11.3 Å². The predicted octanol–water partition coefficient (Wildman–Crippen LogP) is 4.47. The molecule has 3 rings (SSSR count). The van der Waals surface area contributed by atoms with Crippen molar-refractivity contribution in [2.75, 3.05) is 11.9 Å². The molecule has 0 atom stereocenters. The average Bonchev–Trinajstić information content (AvgIpc) is 3.26. The molecule has 2 N–H and O–H groups in total. The summed E-state index contributed by atoms with van der Waals surface area (Å²) in [7, 11) is 0. The molecule has 6 heteroatoms. The summed E-state index contributed by atoms with van der Waals surface area (Å²) in [6, 6.07) is 18.3. The van der Waals surface area contributed by atoms with Gasteiger partial charge in [-0.2, -0.15) is 0 Å². The van der Waals surface area contributed by atoms with Gasteiger partial charge in [0.25, 0.3) is 11.8 Å². The second kappa shape index (κ2) is 9.82. The van der Waals surface area contributed by atoms with Crippen molar-refractivity contribution >= 4 is 28.8 Å². The normalized spacial score (nSPS) is 10.5. The Labute approximate surface area is 168 Å². The van der Waals surface area contributed by atoms with Crippen molar-refractivity contribution < 1.29 is 14.3 Å². The number of hydrogen-bond acceptors (Lipinski definition) is 4. The number of benzene rings is 2. The van der Waals surface area contributed by atoms with Crippen molar-refractivity contribution in [1.29, 1.82) is 0 Å². The zero-order valence-corrected chi connectivity index (χ0v) is 16.4. The van der Waals surface area contributed by atoms with E-state index in [2.05, 4.69) is 10.6 Å². The number of amides is 2. The van der Waals surface area contributed by atoms with Crippen molar-refractivity contribution in [2.45, 2.75) is 20.1 Å². The van der Waals surface area contributed by atoms with Crippen molar-refractivity contribution in [3.63, 3.8) is 0 Å². The molecule has 2 aromatic carbocycles. The third-order valence-corrected chi connectivity index (χ3v) is 5.04. The van der Waals surface area contributed by atoms with E-state index in [1.54, 1.807) is 30.3 Å². The lowest BCUT2D eigenvalue weighted by Crippen LogP contribution is -2.23. The maximum absolute atomic E-state index is 12.4. The van der Waals surface area contributed by atoms with Gasteiger partial charge >= 0.3 is 0 Å². The van der Waals surface area contributed by atoms with Gasteiger partial charge in [-0.05, 0) is 53.8 Å². The van der Waals surface area contributed by atoms with Crippen LogP contribution in [0.4, 0.5) is 5.69 Å². The molecule has 0 fully saturated rings. The van der Waals surface area contributed by atoms with Gasteiger partial charge in [-0.25, -0.2) is 0 Å². The van der Waals surface area contributed by atoms with Gasteiger partial charge in [-0.3, -0.25) is 9.59 Å². The third kappa shape index (κ3) is 5.28. The highest BCUT2D eigenvalue weighted by Gasteiger charge is 2.10. The molecule has 28 heavy (non-hydrogen) atoms. The van der Waals surface area contributed by atoms with Crippen LogP contribution < -0.4 is 10.6 Å². The van der Waals surface area contributed by atoms with E-state index < -0.39 is 0 Å². The van der Waals surface area contributed by atoms with Crippen molar-refractivity contribution in [1.82, 2.24) is 5.32 Å². The molecule has 1 aromatic heterocycles. The van der Waals surface area contributed by atoms with E-state index in [4.69, 9.17) is 4.74 Å². The lowest BCUT2D eigenvalue weighted by molar-refractivity contribution is 0.0949. The van der Waals surface area contributed by atoms with Crippen LogP contribution >= 0.6 is 11.3 Å². The molecule has 0 radical (unpaired) electrons. The van der Waals surface area contributed by atoms with Gasteiger partial charge in [0.15, 0.2) is 0 Å². The summed E-state index contributed by atoms with van der Waals surface area (Å²) in [5.41, 5.74) is 3.29. The molecule has 0 aliphatic carbocycles. The summed E-state index contributed by atoms with van der Waals surface area (Å²) < 4.78 is 5.48. The molecule has 0 saturated heterocycles. The smallest absolute Gasteiger partial charge is 0.265 e. The number of carbonyl (C=O) groups is 2. The average molecular weight is 394 g/mol. The minimum Gasteiger partial charge on any atom is -0.377 e. The molecular formula is C22H22N2O3S. The third-order valence-electron chi connectivity index (χ3n) is 4.17. The Morgan fingerprint density at radius 1 is 0.929 bits per heavy atom. The van der Waals surface area contributed by atoms with E-state index in [1.807, 2.05) is 42.6 Å². The summed E-state index contributed by atoms with van der Waals surface area (Å²) in [6.07, 6.45) is 0. The first-order chi connectivity index (χ1) is 13.7. The fraction of sp³-hybridized carbons (Fsp3) is 0.182. The first-order valence-electron chi connectivity index (χ1n) is 9.05. The van der Waals surface area contributed by atoms with E-state index in [0.29, 0.717) is 35.9 Å². The largest absolute Gasteiger partial charge is 0.377 e. The first-order valence-corrected chi connectivity index (χ1v) is 9.93. The van der Waals surface area contributed by atoms with Gasteiger partial charge in [-0.1, -0.05) is 30.3 Å². The van der Waals surface area contributed by atoms with Crippen LogP contribution in [0.5, 0.6) is 0 Å². The molecule has 1 heterocycles. The van der Waals surface area contributed by atoms with Crippen LogP contribution in [0.25, 0.3) is 0 Å². The lowest BCUT2D eigenvalue weighted by Gasteiger charge is -2.11. The summed E-state index contributed by atoms with van der Waals surface area (Å²) in [6.45, 7) is 3.56. The van der Waals surface area contributed by atoms with Gasteiger partial charge < -0.3 is 15.4 Å². The van der Waals surface area contributed by atoms with Crippen LogP contribution in [0.15, 0.2) is 66.0 Å². The summed E-state index contributed by atoms with van der Waals surface area (Å²) in [5.74, 6) is -0.319. The predicted molar refractivity (Wildman–Crippen MR) is 112 cm³/mol. The molecule has 0 spiro atoms. The molecule has 0 saturated carbocycles. The Bertz CT molecular complexity index is 921. The molecule has 3 aromatic rings. The Kier molecular flexibility index (Phi) is 6.94. The van der Waals surface area contributed by atoms with Gasteiger partial charge in [0.2, 0.25) is 0 Å². The highest BCUT2D eigenvalue weighted by molar-refractivity contribution is 7.12. The lowest BCUT2D eigenvalue weighted by atomic mass is 10.1. The van der Waals surface area contributed by atoms with Gasteiger partial charge in [-0.15, -0.1) is 11.3 Å². The molecule has 144 valence electrons. The van der Waals surface area contributed by atoms with E-state index >= 15 is 0 Å². The Balaban J connectivity index is 1.57. The highest BCUT2D eigenvalue weighted by atomic mass is 32.1. The molecule has 5 nitrogen and oxygen atoms in total. The molecule has 0 aliphatic rings. The number of carbonyl (C=O) groups excluding carboxylic acids is 2. The molecular weight excluding hydrogens is 372 g/mol. The van der Waals surface area contributed by atoms with Gasteiger partial charge in [0.05, 0.1) is 11.5 Å². The summed E-state index contributed by atoms with van der Waals surface area (Å²) in [4.78, 5) is 25.2. The van der Waals surface area contributed by atoms with Gasteiger partial charge in [0, 0.05) is 24.4 Å². The number of anilines is 1. The van der Waals surface area contributed by atoms with Gasteiger partial charge in [0.1, 0.15) is 0 Å². The van der Waals surface area contributed by atoms with Crippen LogP contribution in [0.1, 0.15) is 38.1 Å². The van der Waals surface area contributed by atoms with Crippen molar-refractivity contribution in [3.8, 4) is 0 Å². The highest BCUT2D eigenvalue weighted by Crippen LogP contribution is 2.15. The van der Waals surface area contributed by atoms with Crippen LogP contribution in [-0.4, -0.2) is 18.4 Å². The minimum absolute atomic E-state index is 0.155. The first kappa shape index (κ1) is 19.8. The standard InChI is InChI=1S/C22H22N2O3S/c1-2-27-15-18-7-4-3-6-17(18)14-23-21(25)16-9-11-19(12-10-16)24-22(26)20-8-5-13-28-20/h3-13H,2,14-15H2,1H3,(H,23,25)(H,24,26). The maximum atomic E-state index is 12.4. The second-order valence-electron chi connectivity index (χ2n) is 6.10. The van der Waals surface area contributed by atoms with Crippen molar-refractivity contribution in [3.05, 3.63) is 87.6 Å². The number of ether oxygens (including phenoxy) is 1. The van der Waals surface area contributed by atoms with Crippen molar-refractivity contribution in [2.24, 2.45) is 0 Å². The van der Waals surface area contributed by atoms with Crippen LogP contribution in [-0.2, 0) is 17.9 Å². The minimum atomic E-state index is -0.164. The Morgan fingerprint density at radius 2 is 1.68 bits per heavy atom. The van der Waals surface area contributed by atoms with Crippen LogP contribution in [0.2, 0.25) is 0 Å². The summed E-state index contributed by atoms with van der Waals surface area (Å²) >= 11 is 1.38. The number of hydrogen-bond donors (Lipinski definition) is 2. The summed E-state index contributed by atoms with van der Waals surface area (Å²) in [5, 5.41) is 7.61. The molecule has 2 amide bonds. The Hall–Kier alpha value is -2.96. The van der Waals surface area contributed by atoms with Crippen LogP contribution in [0, 0.1) is 0 Å². The Morgan fingerprint density at radius 3 is 2.36 bits per heavy atom. The monoisotopic (exact) mass is 394 g/mol. The second-order valence-corrected chi connectivity index (χ2v) is 7.04. The fourth-order valence-corrected chi connectivity index (χ4v) is 3.28. The van der Waals surface area contributed by atoms with E-state index in [9.17, 15) is 9.59 Å². The number of rotatable bonds is 8. The van der Waals surface area contributed by atoms with E-state index in [0.717, 1.165) is 11.1 Å². The number of nitrogens with one attached hydrogen (secondary N) is 2. The SMILES string of the molecule is CCOCc1ccccc1CNC(=O)c1ccc(NC(=O)c2cccs2)cc1.